The standard InChI is InChI=1S/C10H11NO5/c1-3-16-10(13)7-4-5-8(11(14)15)9(12)6(7)2/h4-5,12H,3H2,1-2H3. The Morgan fingerprint density at radius 3 is 2.69 bits per heavy atom. The van der Waals surface area contributed by atoms with Gasteiger partial charge in [-0.25, -0.2) is 4.79 Å². The first-order valence-corrected chi connectivity index (χ1v) is 4.63. The molecule has 0 atom stereocenters. The van der Waals surface area contributed by atoms with Crippen LogP contribution in [0.4, 0.5) is 5.69 Å². The summed E-state index contributed by atoms with van der Waals surface area (Å²) in [4.78, 5) is 21.2. The highest BCUT2D eigenvalue weighted by Gasteiger charge is 2.21. The number of phenols is 1. The second kappa shape index (κ2) is 4.61. The molecule has 0 unspecified atom stereocenters. The first kappa shape index (κ1) is 12.0. The van der Waals surface area contributed by atoms with Crippen LogP contribution in [0.2, 0.25) is 0 Å². The predicted octanol–water partition coefficient (Wildman–Crippen LogP) is 1.79. The van der Waals surface area contributed by atoms with Crippen LogP contribution in [-0.2, 0) is 4.74 Å². The third-order valence-corrected chi connectivity index (χ3v) is 2.10. The lowest BCUT2D eigenvalue weighted by Gasteiger charge is -2.06. The van der Waals surface area contributed by atoms with Crippen molar-refractivity contribution in [2.24, 2.45) is 0 Å². The third-order valence-electron chi connectivity index (χ3n) is 2.10. The van der Waals surface area contributed by atoms with Crippen molar-refractivity contribution in [1.29, 1.82) is 0 Å². The number of nitro groups is 1. The van der Waals surface area contributed by atoms with Crippen molar-refractivity contribution < 1.29 is 19.6 Å². The fourth-order valence-electron chi connectivity index (χ4n) is 1.26. The molecular weight excluding hydrogens is 214 g/mol. The van der Waals surface area contributed by atoms with Gasteiger partial charge in [0.25, 0.3) is 0 Å². The SMILES string of the molecule is CCOC(=O)c1ccc([N+](=O)[O-])c(O)c1C. The molecule has 0 amide bonds. The third kappa shape index (κ3) is 2.10. The summed E-state index contributed by atoms with van der Waals surface area (Å²) in [5.74, 6) is -1.11. The molecule has 0 aliphatic heterocycles. The average Bonchev–Trinajstić information content (AvgIpc) is 2.21. The lowest BCUT2D eigenvalue weighted by atomic mass is 10.1. The Kier molecular flexibility index (Phi) is 3.44. The normalized spacial score (nSPS) is 9.88. The van der Waals surface area contributed by atoms with E-state index in [0.29, 0.717) is 0 Å². The molecule has 6 nitrogen and oxygen atoms in total. The average molecular weight is 225 g/mol. The number of aromatic hydroxyl groups is 1. The van der Waals surface area contributed by atoms with Gasteiger partial charge in [0, 0.05) is 11.6 Å². The van der Waals surface area contributed by atoms with E-state index in [4.69, 9.17) is 4.74 Å². The number of carbonyl (C=O) groups excluding carboxylic acids is 1. The van der Waals surface area contributed by atoms with Crippen LogP contribution in [-0.4, -0.2) is 22.6 Å². The molecular formula is C10H11NO5. The Balaban J connectivity index is 3.21. The van der Waals surface area contributed by atoms with Crippen LogP contribution in [0.15, 0.2) is 12.1 Å². The summed E-state index contributed by atoms with van der Waals surface area (Å²) >= 11 is 0. The van der Waals surface area contributed by atoms with Crippen molar-refractivity contribution >= 4 is 11.7 Å². The van der Waals surface area contributed by atoms with Gasteiger partial charge in [-0.1, -0.05) is 0 Å². The van der Waals surface area contributed by atoms with E-state index in [0.717, 1.165) is 6.07 Å². The molecule has 0 aliphatic carbocycles. The largest absolute Gasteiger partial charge is 0.502 e. The Bertz CT molecular complexity index is 441. The number of nitro benzene ring substituents is 1. The first-order chi connectivity index (χ1) is 7.49. The lowest BCUT2D eigenvalue weighted by molar-refractivity contribution is -0.385. The van der Waals surface area contributed by atoms with Crippen molar-refractivity contribution in [3.8, 4) is 5.75 Å². The monoisotopic (exact) mass is 225 g/mol. The number of carbonyl (C=O) groups is 1. The molecule has 16 heavy (non-hydrogen) atoms. The molecule has 0 radical (unpaired) electrons. The van der Waals surface area contributed by atoms with Crippen molar-refractivity contribution in [2.75, 3.05) is 6.61 Å². The number of benzene rings is 1. The molecule has 0 saturated heterocycles. The molecule has 0 bridgehead atoms. The van der Waals surface area contributed by atoms with E-state index in [-0.39, 0.29) is 17.7 Å². The molecule has 1 aromatic carbocycles. The maximum atomic E-state index is 11.4. The quantitative estimate of drug-likeness (QED) is 0.481. The predicted molar refractivity (Wildman–Crippen MR) is 55.5 cm³/mol. The second-order valence-electron chi connectivity index (χ2n) is 3.08. The van der Waals surface area contributed by atoms with Gasteiger partial charge < -0.3 is 9.84 Å². The minimum Gasteiger partial charge on any atom is -0.502 e. The van der Waals surface area contributed by atoms with Crippen molar-refractivity contribution in [3.05, 3.63) is 33.4 Å². The Morgan fingerprint density at radius 1 is 1.56 bits per heavy atom. The number of ether oxygens (including phenoxy) is 1. The molecule has 1 N–H and O–H groups in total. The van der Waals surface area contributed by atoms with Gasteiger partial charge in [0.05, 0.1) is 17.1 Å². The summed E-state index contributed by atoms with van der Waals surface area (Å²) in [5.41, 5.74) is -0.150. The Hall–Kier alpha value is -2.11. The molecule has 86 valence electrons. The van der Waals surface area contributed by atoms with Crippen molar-refractivity contribution in [1.82, 2.24) is 0 Å². The van der Waals surface area contributed by atoms with Crippen LogP contribution < -0.4 is 0 Å². The minimum absolute atomic E-state index is 0.130. The molecule has 0 saturated carbocycles. The number of rotatable bonds is 3. The van der Waals surface area contributed by atoms with E-state index in [9.17, 15) is 20.0 Å². The van der Waals surface area contributed by atoms with Gasteiger partial charge in [0.2, 0.25) is 0 Å². The molecule has 0 aliphatic rings. The molecule has 0 spiro atoms. The van der Waals surface area contributed by atoms with E-state index >= 15 is 0 Å². The van der Waals surface area contributed by atoms with Gasteiger partial charge >= 0.3 is 11.7 Å². The van der Waals surface area contributed by atoms with Crippen LogP contribution >= 0.6 is 0 Å². The smallest absolute Gasteiger partial charge is 0.338 e. The lowest BCUT2D eigenvalue weighted by Crippen LogP contribution is -2.07. The number of esters is 1. The van der Waals surface area contributed by atoms with E-state index in [1.807, 2.05) is 0 Å². The highest BCUT2D eigenvalue weighted by Crippen LogP contribution is 2.31. The maximum absolute atomic E-state index is 11.4. The molecule has 6 heteroatoms. The first-order valence-electron chi connectivity index (χ1n) is 4.63. The van der Waals surface area contributed by atoms with E-state index in [2.05, 4.69) is 0 Å². The van der Waals surface area contributed by atoms with E-state index in [1.165, 1.54) is 13.0 Å². The molecule has 0 fully saturated rings. The highest BCUT2D eigenvalue weighted by molar-refractivity contribution is 5.92. The minimum atomic E-state index is -0.711. The van der Waals surface area contributed by atoms with Gasteiger partial charge in [0.15, 0.2) is 5.75 Å². The highest BCUT2D eigenvalue weighted by atomic mass is 16.6. The number of hydrogen-bond acceptors (Lipinski definition) is 5. The maximum Gasteiger partial charge on any atom is 0.338 e. The zero-order chi connectivity index (χ0) is 12.3. The molecule has 1 aromatic rings. The number of hydrogen-bond donors (Lipinski definition) is 1. The van der Waals surface area contributed by atoms with Crippen molar-refractivity contribution in [3.63, 3.8) is 0 Å². The van der Waals surface area contributed by atoms with Crippen molar-refractivity contribution in [2.45, 2.75) is 13.8 Å². The van der Waals surface area contributed by atoms with Crippen LogP contribution in [0.1, 0.15) is 22.8 Å². The molecule has 0 aromatic heterocycles. The van der Waals surface area contributed by atoms with E-state index in [1.54, 1.807) is 6.92 Å². The Morgan fingerprint density at radius 2 is 2.19 bits per heavy atom. The summed E-state index contributed by atoms with van der Waals surface area (Å²) in [5, 5.41) is 20.0. The van der Waals surface area contributed by atoms with Crippen LogP contribution in [0, 0.1) is 17.0 Å². The van der Waals surface area contributed by atoms with Crippen LogP contribution in [0.3, 0.4) is 0 Å². The van der Waals surface area contributed by atoms with Gasteiger partial charge in [-0.2, -0.15) is 0 Å². The fraction of sp³-hybridized carbons (Fsp3) is 0.300. The zero-order valence-corrected chi connectivity index (χ0v) is 8.89. The molecule has 0 heterocycles. The summed E-state index contributed by atoms with van der Waals surface area (Å²) in [6.07, 6.45) is 0. The van der Waals surface area contributed by atoms with E-state index < -0.39 is 22.3 Å². The van der Waals surface area contributed by atoms with Gasteiger partial charge in [-0.15, -0.1) is 0 Å². The fourth-order valence-corrected chi connectivity index (χ4v) is 1.26. The van der Waals surface area contributed by atoms with Gasteiger partial charge in [-0.05, 0) is 19.9 Å². The topological polar surface area (TPSA) is 89.7 Å². The van der Waals surface area contributed by atoms with Gasteiger partial charge in [-0.3, -0.25) is 10.1 Å². The Labute approximate surface area is 91.6 Å². The van der Waals surface area contributed by atoms with Crippen LogP contribution in [0.25, 0.3) is 0 Å². The summed E-state index contributed by atoms with van der Waals surface area (Å²) in [6.45, 7) is 3.28. The second-order valence-corrected chi connectivity index (χ2v) is 3.08. The summed E-state index contributed by atoms with van der Waals surface area (Å²) in [7, 11) is 0. The summed E-state index contributed by atoms with van der Waals surface area (Å²) in [6, 6.07) is 2.35. The molecule has 1 rings (SSSR count). The summed E-state index contributed by atoms with van der Waals surface area (Å²) < 4.78 is 4.74. The van der Waals surface area contributed by atoms with Gasteiger partial charge in [0.1, 0.15) is 0 Å². The number of phenolic OH excluding ortho intramolecular Hbond substituents is 1. The number of nitrogens with zero attached hydrogens (tertiary/aromatic N) is 1. The van der Waals surface area contributed by atoms with Crippen LogP contribution in [0.5, 0.6) is 5.75 Å². The zero-order valence-electron chi connectivity index (χ0n) is 8.89.